The van der Waals surface area contributed by atoms with Crippen molar-refractivity contribution in [2.75, 3.05) is 0 Å². The number of carbonyl (C=O) groups excluding carboxylic acids is 1. The maximum Gasteiger partial charge on any atom is 0.156 e. The summed E-state index contributed by atoms with van der Waals surface area (Å²) in [6, 6.07) is 0. The van der Waals surface area contributed by atoms with E-state index in [-0.39, 0.29) is 11.5 Å². The molecule has 68 valence electrons. The highest BCUT2D eigenvalue weighted by Gasteiger charge is 1.95. The van der Waals surface area contributed by atoms with Crippen LogP contribution < -0.4 is 0 Å². The molecule has 0 unspecified atom stereocenters. The van der Waals surface area contributed by atoms with Crippen molar-refractivity contribution >= 4 is 5.78 Å². The summed E-state index contributed by atoms with van der Waals surface area (Å²) in [5.74, 6) is -0.331. The summed E-state index contributed by atoms with van der Waals surface area (Å²) in [7, 11) is 0. The average Bonchev–Trinajstić information content (AvgIpc) is 2.05. The van der Waals surface area contributed by atoms with Crippen LogP contribution in [0.4, 0.5) is 0 Å². The lowest BCUT2D eigenvalue weighted by Crippen LogP contribution is -1.88. The first-order chi connectivity index (χ1) is 5.57. The smallest absolute Gasteiger partial charge is 0.156 e. The average molecular weight is 168 g/mol. The van der Waals surface area contributed by atoms with E-state index in [1.54, 1.807) is 0 Å². The molecule has 0 aromatic rings. The molecule has 1 N–H and O–H groups in total. The Kier molecular flexibility index (Phi) is 8.63. The van der Waals surface area contributed by atoms with Crippen molar-refractivity contribution in [3.05, 3.63) is 36.6 Å². The number of hydrogen-bond donors (Lipinski definition) is 1. The minimum Gasteiger partial charge on any atom is -0.507 e. The Morgan fingerprint density at radius 1 is 1.42 bits per heavy atom. The fourth-order valence-corrected chi connectivity index (χ4v) is 0.390. The number of rotatable bonds is 3. The Morgan fingerprint density at radius 3 is 2.08 bits per heavy atom. The summed E-state index contributed by atoms with van der Waals surface area (Å²) in [5, 5.41) is 8.96. The summed E-state index contributed by atoms with van der Waals surface area (Å²) < 4.78 is 0. The van der Waals surface area contributed by atoms with Gasteiger partial charge in [-0.1, -0.05) is 33.1 Å². The van der Waals surface area contributed by atoms with E-state index in [4.69, 9.17) is 5.11 Å². The van der Waals surface area contributed by atoms with E-state index in [0.29, 0.717) is 5.57 Å². The fourth-order valence-electron chi connectivity index (χ4n) is 0.390. The molecular formula is C10H16O2. The molecule has 0 radical (unpaired) electrons. The van der Waals surface area contributed by atoms with Gasteiger partial charge in [0.25, 0.3) is 0 Å². The molecule has 0 fully saturated rings. The summed E-state index contributed by atoms with van der Waals surface area (Å²) in [5.41, 5.74) is 0.357. The van der Waals surface area contributed by atoms with Gasteiger partial charge < -0.3 is 5.11 Å². The van der Waals surface area contributed by atoms with Crippen molar-refractivity contribution in [2.24, 2.45) is 0 Å². The second-order valence-corrected chi connectivity index (χ2v) is 1.87. The zero-order valence-electron chi connectivity index (χ0n) is 7.92. The quantitative estimate of drug-likeness (QED) is 0.399. The Hall–Kier alpha value is -1.31. The third kappa shape index (κ3) is 6.81. The Morgan fingerprint density at radius 2 is 1.83 bits per heavy atom. The van der Waals surface area contributed by atoms with Gasteiger partial charge in [-0.3, -0.25) is 4.79 Å². The first-order valence-electron chi connectivity index (χ1n) is 3.81. The summed E-state index contributed by atoms with van der Waals surface area (Å²) in [6.45, 7) is 12.2. The third-order valence-corrected chi connectivity index (χ3v) is 0.915. The molecule has 0 heterocycles. The van der Waals surface area contributed by atoms with Crippen LogP contribution in [0.15, 0.2) is 36.6 Å². The molecule has 0 aliphatic rings. The summed E-state index contributed by atoms with van der Waals surface area (Å²) >= 11 is 0. The van der Waals surface area contributed by atoms with E-state index in [9.17, 15) is 4.79 Å². The van der Waals surface area contributed by atoms with Crippen molar-refractivity contribution < 1.29 is 9.90 Å². The fraction of sp³-hybridized carbons (Fsp3) is 0.300. The van der Waals surface area contributed by atoms with Gasteiger partial charge in [0.05, 0.1) is 0 Å². The number of aliphatic hydroxyl groups is 1. The van der Waals surface area contributed by atoms with E-state index < -0.39 is 0 Å². The molecule has 12 heavy (non-hydrogen) atoms. The van der Waals surface area contributed by atoms with Gasteiger partial charge in [-0.15, -0.1) is 0 Å². The maximum atomic E-state index is 10.4. The lowest BCUT2D eigenvalue weighted by molar-refractivity contribution is -0.112. The number of allylic oxidation sites excluding steroid dienone is 2. The van der Waals surface area contributed by atoms with Crippen LogP contribution in [0, 0.1) is 0 Å². The van der Waals surface area contributed by atoms with E-state index in [2.05, 4.69) is 13.2 Å². The molecule has 0 bridgehead atoms. The largest absolute Gasteiger partial charge is 0.507 e. The highest BCUT2D eigenvalue weighted by atomic mass is 16.3. The highest BCUT2D eigenvalue weighted by Crippen LogP contribution is 2.03. The van der Waals surface area contributed by atoms with Gasteiger partial charge in [0.15, 0.2) is 5.78 Å². The number of carbonyl (C=O) groups is 1. The zero-order valence-corrected chi connectivity index (χ0v) is 7.92. The van der Waals surface area contributed by atoms with Crippen molar-refractivity contribution in [2.45, 2.75) is 20.8 Å². The van der Waals surface area contributed by atoms with Crippen LogP contribution in [0.25, 0.3) is 0 Å². The van der Waals surface area contributed by atoms with Crippen LogP contribution in [0.1, 0.15) is 20.8 Å². The van der Waals surface area contributed by atoms with Gasteiger partial charge in [-0.05, 0) is 6.92 Å². The molecule has 0 saturated carbocycles. The molecular weight excluding hydrogens is 152 g/mol. The standard InChI is InChI=1S/C8H10O2.C2H6/c1-4-6(2)8(10)5-7(3)9;1-2/h4-5,10H,1-2H2,3H3;1-2H3/b8-5+;. The Bertz CT molecular complexity index is 200. The van der Waals surface area contributed by atoms with Gasteiger partial charge >= 0.3 is 0 Å². The van der Waals surface area contributed by atoms with Gasteiger partial charge in [0.1, 0.15) is 5.76 Å². The van der Waals surface area contributed by atoms with Crippen molar-refractivity contribution in [3.63, 3.8) is 0 Å². The second kappa shape index (κ2) is 7.79. The highest BCUT2D eigenvalue weighted by molar-refractivity contribution is 5.88. The zero-order chi connectivity index (χ0) is 10.1. The molecule has 0 atom stereocenters. The van der Waals surface area contributed by atoms with Crippen LogP contribution in [-0.2, 0) is 4.79 Å². The van der Waals surface area contributed by atoms with Gasteiger partial charge in [0, 0.05) is 11.6 Å². The minimum atomic E-state index is -0.208. The second-order valence-electron chi connectivity index (χ2n) is 1.87. The number of hydrogen-bond acceptors (Lipinski definition) is 2. The third-order valence-electron chi connectivity index (χ3n) is 0.915. The van der Waals surface area contributed by atoms with Crippen LogP contribution in [0.3, 0.4) is 0 Å². The molecule has 0 aliphatic heterocycles. The lowest BCUT2D eigenvalue weighted by Gasteiger charge is -1.94. The van der Waals surface area contributed by atoms with Crippen LogP contribution in [0.5, 0.6) is 0 Å². The monoisotopic (exact) mass is 168 g/mol. The molecule has 0 saturated heterocycles. The normalized spacial score (nSPS) is 9.42. The Balaban J connectivity index is 0. The first-order valence-corrected chi connectivity index (χ1v) is 3.81. The molecule has 2 nitrogen and oxygen atoms in total. The van der Waals surface area contributed by atoms with Crippen molar-refractivity contribution in [1.29, 1.82) is 0 Å². The van der Waals surface area contributed by atoms with Crippen LogP contribution in [0.2, 0.25) is 0 Å². The minimum absolute atomic E-state index is 0.123. The summed E-state index contributed by atoms with van der Waals surface area (Å²) in [4.78, 5) is 10.4. The molecule has 0 aromatic carbocycles. The molecule has 0 aromatic heterocycles. The van der Waals surface area contributed by atoms with E-state index >= 15 is 0 Å². The van der Waals surface area contributed by atoms with E-state index in [0.717, 1.165) is 6.08 Å². The van der Waals surface area contributed by atoms with Crippen molar-refractivity contribution in [1.82, 2.24) is 0 Å². The Labute approximate surface area is 73.9 Å². The predicted molar refractivity (Wildman–Crippen MR) is 52.1 cm³/mol. The molecule has 0 amide bonds. The van der Waals surface area contributed by atoms with Crippen LogP contribution >= 0.6 is 0 Å². The lowest BCUT2D eigenvalue weighted by atomic mass is 10.2. The number of ketones is 1. The topological polar surface area (TPSA) is 37.3 Å². The van der Waals surface area contributed by atoms with Crippen molar-refractivity contribution in [3.8, 4) is 0 Å². The summed E-state index contributed by atoms with van der Waals surface area (Å²) in [6.07, 6.45) is 2.48. The van der Waals surface area contributed by atoms with Gasteiger partial charge in [-0.2, -0.15) is 0 Å². The first kappa shape index (κ1) is 13.3. The maximum absolute atomic E-state index is 10.4. The van der Waals surface area contributed by atoms with Gasteiger partial charge in [0.2, 0.25) is 0 Å². The number of aliphatic hydroxyl groups excluding tert-OH is 1. The van der Waals surface area contributed by atoms with E-state index in [1.807, 2.05) is 13.8 Å². The van der Waals surface area contributed by atoms with Gasteiger partial charge in [-0.25, -0.2) is 0 Å². The SMILES string of the molecule is C=CC(=C)/C(O)=C\C(C)=O.CC. The molecule has 0 aliphatic carbocycles. The molecule has 0 spiro atoms. The molecule has 0 rings (SSSR count). The van der Waals surface area contributed by atoms with Crippen LogP contribution in [-0.4, -0.2) is 10.9 Å². The van der Waals surface area contributed by atoms with E-state index in [1.165, 1.54) is 13.0 Å². The predicted octanol–water partition coefficient (Wildman–Crippen LogP) is 2.79. The molecule has 2 heteroatoms.